The molecular weight excluding hydrogens is 350 g/mol. The molecule has 8 heteroatoms. The molecule has 0 aromatic heterocycles. The van der Waals surface area contributed by atoms with Gasteiger partial charge in [-0.3, -0.25) is 0 Å². The minimum Gasteiger partial charge on any atom is -0.478 e. The third kappa shape index (κ3) is 4.27. The van der Waals surface area contributed by atoms with Gasteiger partial charge in [0.25, 0.3) is 0 Å². The molecule has 0 spiro atoms. The average molecular weight is 366 g/mol. The number of aromatic carboxylic acids is 1. The molecule has 0 aliphatic heterocycles. The van der Waals surface area contributed by atoms with E-state index in [1.165, 1.54) is 18.2 Å². The van der Waals surface area contributed by atoms with Crippen LogP contribution in [0.3, 0.4) is 0 Å². The standard InChI is InChI=1S/C12H16BrNO5S/c1-12(2,7-15)6-14-20(18,19)10-4-3-8(11(16)17)5-9(10)13/h3-5,14-15H,6-7H2,1-2H3,(H,16,17). The van der Waals surface area contributed by atoms with Gasteiger partial charge in [0.1, 0.15) is 0 Å². The molecule has 0 saturated carbocycles. The van der Waals surface area contributed by atoms with Crippen LogP contribution in [0.15, 0.2) is 27.6 Å². The van der Waals surface area contributed by atoms with Gasteiger partial charge in [0.15, 0.2) is 0 Å². The number of carbonyl (C=O) groups is 1. The van der Waals surface area contributed by atoms with Gasteiger partial charge in [-0.05, 0) is 34.1 Å². The molecule has 6 nitrogen and oxygen atoms in total. The van der Waals surface area contributed by atoms with Crippen molar-refractivity contribution in [3.8, 4) is 0 Å². The highest BCUT2D eigenvalue weighted by molar-refractivity contribution is 9.10. The SMILES string of the molecule is CC(C)(CO)CNS(=O)(=O)c1ccc(C(=O)O)cc1Br. The third-order valence-corrected chi connectivity index (χ3v) is 5.02. The topological polar surface area (TPSA) is 104 Å². The molecule has 0 fully saturated rings. The van der Waals surface area contributed by atoms with Gasteiger partial charge in [0.2, 0.25) is 10.0 Å². The first-order valence-electron chi connectivity index (χ1n) is 5.72. The van der Waals surface area contributed by atoms with Crippen LogP contribution in [0.25, 0.3) is 0 Å². The lowest BCUT2D eigenvalue weighted by atomic mass is 9.96. The van der Waals surface area contributed by atoms with Crippen molar-refractivity contribution in [2.75, 3.05) is 13.2 Å². The Bertz CT molecular complexity index is 612. The summed E-state index contributed by atoms with van der Waals surface area (Å²) in [4.78, 5) is 10.8. The van der Waals surface area contributed by atoms with Crippen molar-refractivity contribution >= 4 is 31.9 Å². The Morgan fingerprint density at radius 1 is 1.40 bits per heavy atom. The lowest BCUT2D eigenvalue weighted by Crippen LogP contribution is -2.36. The molecule has 0 amide bonds. The van der Waals surface area contributed by atoms with Gasteiger partial charge in [0.05, 0.1) is 10.5 Å². The number of nitrogens with one attached hydrogen (secondary N) is 1. The Labute approximate surface area is 126 Å². The fourth-order valence-corrected chi connectivity index (χ4v) is 3.59. The predicted molar refractivity (Wildman–Crippen MR) is 77.2 cm³/mol. The second-order valence-electron chi connectivity index (χ2n) is 5.10. The van der Waals surface area contributed by atoms with Crippen LogP contribution in [-0.4, -0.2) is 37.8 Å². The molecule has 0 aliphatic carbocycles. The molecule has 112 valence electrons. The first-order valence-corrected chi connectivity index (χ1v) is 8.00. The number of aliphatic hydroxyl groups excluding tert-OH is 1. The Morgan fingerprint density at radius 2 is 2.00 bits per heavy atom. The predicted octanol–water partition coefficient (Wildman–Crippen LogP) is 1.44. The molecule has 1 aromatic rings. The van der Waals surface area contributed by atoms with E-state index in [-0.39, 0.29) is 28.1 Å². The number of halogens is 1. The lowest BCUT2D eigenvalue weighted by Gasteiger charge is -2.22. The van der Waals surface area contributed by atoms with Gasteiger partial charge in [-0.2, -0.15) is 0 Å². The lowest BCUT2D eigenvalue weighted by molar-refractivity contribution is 0.0696. The Hall–Kier alpha value is -0.960. The fourth-order valence-electron chi connectivity index (χ4n) is 1.28. The Balaban J connectivity index is 3.02. The highest BCUT2D eigenvalue weighted by Gasteiger charge is 2.23. The van der Waals surface area contributed by atoms with E-state index in [0.29, 0.717) is 0 Å². The molecule has 0 bridgehead atoms. The van der Waals surface area contributed by atoms with E-state index < -0.39 is 21.4 Å². The zero-order valence-corrected chi connectivity index (χ0v) is 13.5. The first kappa shape index (κ1) is 17.1. The van der Waals surface area contributed by atoms with Crippen LogP contribution in [0.4, 0.5) is 0 Å². The minimum absolute atomic E-state index is 0.00786. The van der Waals surface area contributed by atoms with Crippen molar-refractivity contribution in [3.05, 3.63) is 28.2 Å². The van der Waals surface area contributed by atoms with Crippen LogP contribution in [0.1, 0.15) is 24.2 Å². The van der Waals surface area contributed by atoms with Crippen molar-refractivity contribution in [1.29, 1.82) is 0 Å². The Kier molecular flexibility index (Phi) is 5.31. The van der Waals surface area contributed by atoms with E-state index in [1.54, 1.807) is 13.8 Å². The number of rotatable bonds is 6. The summed E-state index contributed by atoms with van der Waals surface area (Å²) in [7, 11) is -3.78. The van der Waals surface area contributed by atoms with E-state index in [0.717, 1.165) is 0 Å². The summed E-state index contributed by atoms with van der Waals surface area (Å²) in [6.07, 6.45) is 0. The summed E-state index contributed by atoms with van der Waals surface area (Å²) in [5.74, 6) is -1.14. The largest absolute Gasteiger partial charge is 0.478 e. The molecule has 0 radical (unpaired) electrons. The molecule has 1 aromatic carbocycles. The van der Waals surface area contributed by atoms with Gasteiger partial charge in [-0.25, -0.2) is 17.9 Å². The van der Waals surface area contributed by atoms with E-state index in [4.69, 9.17) is 10.2 Å². The molecule has 1 rings (SSSR count). The van der Waals surface area contributed by atoms with Crippen LogP contribution >= 0.6 is 15.9 Å². The van der Waals surface area contributed by atoms with Gasteiger partial charge < -0.3 is 10.2 Å². The van der Waals surface area contributed by atoms with Crippen molar-refractivity contribution in [2.45, 2.75) is 18.7 Å². The Morgan fingerprint density at radius 3 is 2.45 bits per heavy atom. The summed E-state index contributed by atoms with van der Waals surface area (Å²) in [5.41, 5.74) is -0.591. The number of sulfonamides is 1. The smallest absolute Gasteiger partial charge is 0.335 e. The summed E-state index contributed by atoms with van der Waals surface area (Å²) in [5, 5.41) is 17.9. The molecule has 0 aliphatic rings. The number of hydrogen-bond acceptors (Lipinski definition) is 4. The van der Waals surface area contributed by atoms with E-state index in [9.17, 15) is 13.2 Å². The molecule has 0 unspecified atom stereocenters. The second kappa shape index (κ2) is 6.21. The van der Waals surface area contributed by atoms with Crippen LogP contribution in [0.2, 0.25) is 0 Å². The molecular formula is C12H16BrNO5S. The quantitative estimate of drug-likeness (QED) is 0.707. The highest BCUT2D eigenvalue weighted by atomic mass is 79.9. The van der Waals surface area contributed by atoms with Gasteiger partial charge in [0, 0.05) is 23.0 Å². The third-order valence-electron chi connectivity index (χ3n) is 2.64. The van der Waals surface area contributed by atoms with Crippen LogP contribution in [0, 0.1) is 5.41 Å². The molecule has 3 N–H and O–H groups in total. The maximum absolute atomic E-state index is 12.1. The zero-order valence-electron chi connectivity index (χ0n) is 11.1. The summed E-state index contributed by atoms with van der Waals surface area (Å²) < 4.78 is 26.8. The number of aliphatic hydroxyl groups is 1. The fraction of sp³-hybridized carbons (Fsp3) is 0.417. The van der Waals surface area contributed by atoms with Gasteiger partial charge in [-0.15, -0.1) is 0 Å². The number of carboxylic acid groups (broad SMARTS) is 1. The van der Waals surface area contributed by atoms with E-state index in [1.807, 2.05) is 0 Å². The van der Waals surface area contributed by atoms with Crippen molar-refractivity contribution in [3.63, 3.8) is 0 Å². The van der Waals surface area contributed by atoms with Crippen molar-refractivity contribution in [2.24, 2.45) is 5.41 Å². The maximum atomic E-state index is 12.1. The first-order chi connectivity index (χ1) is 9.09. The van der Waals surface area contributed by atoms with Crippen LogP contribution < -0.4 is 4.72 Å². The zero-order chi connectivity index (χ0) is 15.6. The van der Waals surface area contributed by atoms with E-state index >= 15 is 0 Å². The van der Waals surface area contributed by atoms with E-state index in [2.05, 4.69) is 20.7 Å². The average Bonchev–Trinajstić information content (AvgIpc) is 2.36. The van der Waals surface area contributed by atoms with Gasteiger partial charge in [-0.1, -0.05) is 13.8 Å². The molecule has 0 saturated heterocycles. The summed E-state index contributed by atoms with van der Waals surface area (Å²) >= 11 is 3.06. The second-order valence-corrected chi connectivity index (χ2v) is 7.69. The summed E-state index contributed by atoms with van der Waals surface area (Å²) in [6.45, 7) is 3.35. The van der Waals surface area contributed by atoms with Crippen molar-refractivity contribution in [1.82, 2.24) is 4.72 Å². The normalized spacial score (nSPS) is 12.4. The monoisotopic (exact) mass is 365 g/mol. The summed E-state index contributed by atoms with van der Waals surface area (Å²) in [6, 6.07) is 3.68. The van der Waals surface area contributed by atoms with Gasteiger partial charge >= 0.3 is 5.97 Å². The molecule has 0 heterocycles. The number of benzene rings is 1. The minimum atomic E-state index is -3.78. The van der Waals surface area contributed by atoms with Crippen molar-refractivity contribution < 1.29 is 23.4 Å². The number of carboxylic acids is 1. The number of hydrogen-bond donors (Lipinski definition) is 3. The highest BCUT2D eigenvalue weighted by Crippen LogP contribution is 2.24. The maximum Gasteiger partial charge on any atom is 0.335 e. The van der Waals surface area contributed by atoms with Crippen LogP contribution in [-0.2, 0) is 10.0 Å². The molecule has 20 heavy (non-hydrogen) atoms. The van der Waals surface area contributed by atoms with Crippen LogP contribution in [0.5, 0.6) is 0 Å². The molecule has 0 atom stereocenters.